The maximum Gasteiger partial charge on any atom is 0.262 e. The molecule has 2 aliphatic rings. The van der Waals surface area contributed by atoms with E-state index in [0.717, 1.165) is 31.2 Å². The Morgan fingerprint density at radius 3 is 2.95 bits per heavy atom. The summed E-state index contributed by atoms with van der Waals surface area (Å²) in [6.45, 7) is 0.545. The van der Waals surface area contributed by atoms with Crippen LogP contribution in [0.1, 0.15) is 31.2 Å². The van der Waals surface area contributed by atoms with E-state index in [1.54, 1.807) is 0 Å². The van der Waals surface area contributed by atoms with Gasteiger partial charge in [0.25, 0.3) is 5.91 Å². The van der Waals surface area contributed by atoms with Crippen LogP contribution < -0.4 is 15.4 Å². The Hall–Kier alpha value is -2.04. The standard InChI is InChI=1S/C15H18N2O3/c18-14-9-20-13-6-5-10(7-12(13)17-14)8-16-15(19)11-3-1-2-4-11/h5-7,11H,1-4,8-9H2,(H,16,19)(H,17,18). The second kappa shape index (κ2) is 5.53. The van der Waals surface area contributed by atoms with E-state index < -0.39 is 0 Å². The van der Waals surface area contributed by atoms with E-state index in [2.05, 4.69) is 10.6 Å². The maximum atomic E-state index is 12.0. The molecule has 2 amide bonds. The third-order valence-corrected chi connectivity index (χ3v) is 3.87. The number of nitrogens with one attached hydrogen (secondary N) is 2. The van der Waals surface area contributed by atoms with Crippen LogP contribution in [0.3, 0.4) is 0 Å². The van der Waals surface area contributed by atoms with Gasteiger partial charge in [-0.05, 0) is 30.5 Å². The monoisotopic (exact) mass is 274 g/mol. The summed E-state index contributed by atoms with van der Waals surface area (Å²) in [5, 5.41) is 5.73. The smallest absolute Gasteiger partial charge is 0.262 e. The lowest BCUT2D eigenvalue weighted by molar-refractivity contribution is -0.125. The fourth-order valence-electron chi connectivity index (χ4n) is 2.76. The number of carbonyl (C=O) groups is 2. The molecule has 0 radical (unpaired) electrons. The third-order valence-electron chi connectivity index (χ3n) is 3.87. The zero-order valence-corrected chi connectivity index (χ0v) is 11.3. The molecule has 0 spiro atoms. The van der Waals surface area contributed by atoms with Gasteiger partial charge in [-0.15, -0.1) is 0 Å². The summed E-state index contributed by atoms with van der Waals surface area (Å²) in [6, 6.07) is 5.58. The fraction of sp³-hybridized carbons (Fsp3) is 0.467. The Kier molecular flexibility index (Phi) is 3.58. The number of hydrogen-bond donors (Lipinski definition) is 2. The number of benzene rings is 1. The molecule has 1 fully saturated rings. The van der Waals surface area contributed by atoms with Gasteiger partial charge in [0.05, 0.1) is 5.69 Å². The molecule has 1 aromatic carbocycles. The minimum atomic E-state index is -0.148. The Morgan fingerprint density at radius 2 is 2.15 bits per heavy atom. The van der Waals surface area contributed by atoms with E-state index in [1.165, 1.54) is 0 Å². The van der Waals surface area contributed by atoms with Crippen LogP contribution in [0.15, 0.2) is 18.2 Å². The molecule has 106 valence electrons. The van der Waals surface area contributed by atoms with Gasteiger partial charge in [-0.3, -0.25) is 9.59 Å². The predicted octanol–water partition coefficient (Wildman–Crippen LogP) is 1.82. The quantitative estimate of drug-likeness (QED) is 0.883. The summed E-state index contributed by atoms with van der Waals surface area (Å²) in [7, 11) is 0. The van der Waals surface area contributed by atoms with Crippen molar-refractivity contribution in [1.82, 2.24) is 5.32 Å². The van der Waals surface area contributed by atoms with Crippen molar-refractivity contribution in [1.29, 1.82) is 0 Å². The molecule has 0 saturated heterocycles. The van der Waals surface area contributed by atoms with Gasteiger partial charge in [-0.1, -0.05) is 18.9 Å². The third kappa shape index (κ3) is 2.76. The molecular weight excluding hydrogens is 256 g/mol. The van der Waals surface area contributed by atoms with Crippen LogP contribution in [-0.2, 0) is 16.1 Å². The van der Waals surface area contributed by atoms with E-state index >= 15 is 0 Å². The zero-order valence-electron chi connectivity index (χ0n) is 11.3. The molecule has 0 atom stereocenters. The van der Waals surface area contributed by atoms with Gasteiger partial charge >= 0.3 is 0 Å². The second-order valence-corrected chi connectivity index (χ2v) is 5.37. The minimum absolute atomic E-state index is 0.0603. The van der Waals surface area contributed by atoms with Crippen LogP contribution in [0, 0.1) is 5.92 Å². The average molecular weight is 274 g/mol. The van der Waals surface area contributed by atoms with Gasteiger partial charge < -0.3 is 15.4 Å². The predicted molar refractivity (Wildman–Crippen MR) is 74.4 cm³/mol. The number of rotatable bonds is 3. The average Bonchev–Trinajstić information content (AvgIpc) is 2.98. The van der Waals surface area contributed by atoms with Gasteiger partial charge in [0.1, 0.15) is 5.75 Å². The summed E-state index contributed by atoms with van der Waals surface area (Å²) in [5.41, 5.74) is 1.63. The van der Waals surface area contributed by atoms with E-state index in [4.69, 9.17) is 4.74 Å². The molecule has 0 aromatic heterocycles. The van der Waals surface area contributed by atoms with Crippen LogP contribution in [-0.4, -0.2) is 18.4 Å². The molecule has 0 unspecified atom stereocenters. The Balaban J connectivity index is 1.61. The van der Waals surface area contributed by atoms with Crippen LogP contribution in [0.2, 0.25) is 0 Å². The highest BCUT2D eigenvalue weighted by molar-refractivity contribution is 5.95. The maximum absolute atomic E-state index is 12.0. The Bertz CT molecular complexity index is 536. The molecule has 5 nitrogen and oxygen atoms in total. The molecule has 1 aliphatic carbocycles. The Morgan fingerprint density at radius 1 is 1.35 bits per heavy atom. The van der Waals surface area contributed by atoms with E-state index in [-0.39, 0.29) is 24.3 Å². The molecule has 1 heterocycles. The number of carbonyl (C=O) groups excluding carboxylic acids is 2. The largest absolute Gasteiger partial charge is 0.482 e. The molecule has 1 aliphatic heterocycles. The molecule has 1 saturated carbocycles. The molecule has 20 heavy (non-hydrogen) atoms. The zero-order chi connectivity index (χ0) is 13.9. The number of hydrogen-bond acceptors (Lipinski definition) is 3. The first-order valence-electron chi connectivity index (χ1n) is 7.05. The van der Waals surface area contributed by atoms with Crippen LogP contribution in [0.5, 0.6) is 5.75 Å². The highest BCUT2D eigenvalue weighted by atomic mass is 16.5. The van der Waals surface area contributed by atoms with E-state index in [1.807, 2.05) is 18.2 Å². The number of fused-ring (bicyclic) bond motifs is 1. The SMILES string of the molecule is O=C1COc2ccc(CNC(=O)C3CCCC3)cc2N1. The molecule has 1 aromatic rings. The summed E-state index contributed by atoms with van der Waals surface area (Å²) < 4.78 is 5.30. The molecule has 0 bridgehead atoms. The van der Waals surface area contributed by atoms with Crippen molar-refractivity contribution >= 4 is 17.5 Å². The molecule has 2 N–H and O–H groups in total. The highest BCUT2D eigenvalue weighted by Crippen LogP contribution is 2.28. The second-order valence-electron chi connectivity index (χ2n) is 5.37. The van der Waals surface area contributed by atoms with Crippen LogP contribution in [0.4, 0.5) is 5.69 Å². The number of ether oxygens (including phenoxy) is 1. The van der Waals surface area contributed by atoms with Crippen molar-refractivity contribution in [2.24, 2.45) is 5.92 Å². The first kappa shape index (κ1) is 13.0. The molecule has 3 rings (SSSR count). The molecular formula is C15H18N2O3. The van der Waals surface area contributed by atoms with Gasteiger partial charge in [-0.2, -0.15) is 0 Å². The van der Waals surface area contributed by atoms with E-state index in [0.29, 0.717) is 18.0 Å². The first-order valence-corrected chi connectivity index (χ1v) is 7.05. The first-order chi connectivity index (χ1) is 9.72. The normalized spacial score (nSPS) is 18.1. The van der Waals surface area contributed by atoms with Crippen molar-refractivity contribution in [3.63, 3.8) is 0 Å². The van der Waals surface area contributed by atoms with E-state index in [9.17, 15) is 9.59 Å². The van der Waals surface area contributed by atoms with Gasteiger partial charge in [0.15, 0.2) is 6.61 Å². The number of amides is 2. The highest BCUT2D eigenvalue weighted by Gasteiger charge is 2.22. The fourth-order valence-corrected chi connectivity index (χ4v) is 2.76. The van der Waals surface area contributed by atoms with Gasteiger partial charge in [-0.25, -0.2) is 0 Å². The lowest BCUT2D eigenvalue weighted by Gasteiger charge is -2.18. The van der Waals surface area contributed by atoms with Crippen molar-refractivity contribution in [2.75, 3.05) is 11.9 Å². The topological polar surface area (TPSA) is 67.4 Å². The van der Waals surface area contributed by atoms with Crippen molar-refractivity contribution in [2.45, 2.75) is 32.2 Å². The van der Waals surface area contributed by atoms with Crippen molar-refractivity contribution < 1.29 is 14.3 Å². The van der Waals surface area contributed by atoms with Crippen LogP contribution >= 0.6 is 0 Å². The lowest BCUT2D eigenvalue weighted by atomic mass is 10.1. The summed E-state index contributed by atoms with van der Waals surface area (Å²) in [6.07, 6.45) is 4.31. The summed E-state index contributed by atoms with van der Waals surface area (Å²) >= 11 is 0. The molecule has 5 heteroatoms. The Labute approximate surface area is 117 Å². The van der Waals surface area contributed by atoms with Crippen molar-refractivity contribution in [3.8, 4) is 5.75 Å². The minimum Gasteiger partial charge on any atom is -0.482 e. The summed E-state index contributed by atoms with van der Waals surface area (Å²) in [4.78, 5) is 23.2. The van der Waals surface area contributed by atoms with Gasteiger partial charge in [0.2, 0.25) is 5.91 Å². The summed E-state index contributed by atoms with van der Waals surface area (Å²) in [5.74, 6) is 0.844. The lowest BCUT2D eigenvalue weighted by Crippen LogP contribution is -2.29. The number of anilines is 1. The van der Waals surface area contributed by atoms with Gasteiger partial charge in [0, 0.05) is 12.5 Å². The van der Waals surface area contributed by atoms with Crippen molar-refractivity contribution in [3.05, 3.63) is 23.8 Å². The van der Waals surface area contributed by atoms with Crippen LogP contribution in [0.25, 0.3) is 0 Å².